The molecule has 2 aromatic rings. The van der Waals surface area contributed by atoms with Gasteiger partial charge in [-0.1, -0.05) is 55.5 Å². The lowest BCUT2D eigenvalue weighted by Gasteiger charge is -2.30. The number of alkyl carbamates (subject to hydrolysis) is 1. The van der Waals surface area contributed by atoms with Crippen molar-refractivity contribution in [3.63, 3.8) is 0 Å². The highest BCUT2D eigenvalue weighted by Gasteiger charge is 2.45. The minimum absolute atomic E-state index is 0.00560. The molecule has 0 radical (unpaired) electrons. The van der Waals surface area contributed by atoms with E-state index in [1.54, 1.807) is 6.92 Å². The summed E-state index contributed by atoms with van der Waals surface area (Å²) in [5.74, 6) is -1.34. The first-order valence-electron chi connectivity index (χ1n) is 11.5. The molecule has 0 aliphatic heterocycles. The molecule has 0 saturated heterocycles. The van der Waals surface area contributed by atoms with Crippen molar-refractivity contribution in [3.05, 3.63) is 59.7 Å². The number of aliphatic carboxylic acids is 1. The Morgan fingerprint density at radius 2 is 1.64 bits per heavy atom. The predicted octanol–water partition coefficient (Wildman–Crippen LogP) is 4.06. The van der Waals surface area contributed by atoms with E-state index in [2.05, 4.69) is 34.9 Å². The molecule has 3 N–H and O–H groups in total. The molecule has 2 aromatic carbocycles. The van der Waals surface area contributed by atoms with Crippen LogP contribution in [0.15, 0.2) is 48.5 Å². The molecular weight excluding hydrogens is 420 g/mol. The Bertz CT molecular complexity index is 1020. The fourth-order valence-electron chi connectivity index (χ4n) is 4.80. The van der Waals surface area contributed by atoms with E-state index < -0.39 is 29.6 Å². The van der Waals surface area contributed by atoms with Crippen molar-refractivity contribution >= 4 is 18.0 Å². The standard InChI is InChI=1S/C26H30N2O5/c1-3-22(24(30)31)27-23(29)14-26(2,16-12-13-16)28-25(32)33-15-21-19-10-6-4-8-17(19)18-9-5-7-11-20(18)21/h4-11,16,21-22H,3,12-15H2,1-2H3,(H,27,29)(H,28,32)(H,30,31)/t22-,26?/m1/s1. The van der Waals surface area contributed by atoms with Gasteiger partial charge in [0.2, 0.25) is 5.91 Å². The molecule has 33 heavy (non-hydrogen) atoms. The fraction of sp³-hybridized carbons (Fsp3) is 0.423. The third-order valence-electron chi connectivity index (χ3n) is 6.78. The second-order valence-electron chi connectivity index (χ2n) is 9.19. The van der Waals surface area contributed by atoms with Gasteiger partial charge < -0.3 is 20.5 Å². The number of ether oxygens (including phenoxy) is 1. The molecule has 174 valence electrons. The Hall–Kier alpha value is -3.35. The number of carboxylic acids is 1. The number of rotatable bonds is 9. The van der Waals surface area contributed by atoms with Crippen LogP contribution in [0.2, 0.25) is 0 Å². The molecule has 1 saturated carbocycles. The van der Waals surface area contributed by atoms with Gasteiger partial charge in [0.1, 0.15) is 12.6 Å². The monoisotopic (exact) mass is 450 g/mol. The van der Waals surface area contributed by atoms with Crippen molar-refractivity contribution in [3.8, 4) is 11.1 Å². The summed E-state index contributed by atoms with van der Waals surface area (Å²) < 4.78 is 5.66. The van der Waals surface area contributed by atoms with Crippen molar-refractivity contribution < 1.29 is 24.2 Å². The number of nitrogens with one attached hydrogen (secondary N) is 2. The quantitative estimate of drug-likeness (QED) is 0.534. The maximum absolute atomic E-state index is 12.8. The van der Waals surface area contributed by atoms with Crippen molar-refractivity contribution in [1.29, 1.82) is 0 Å². The lowest BCUT2D eigenvalue weighted by atomic mass is 9.91. The molecule has 4 rings (SSSR count). The summed E-state index contributed by atoms with van der Waals surface area (Å²) >= 11 is 0. The number of benzene rings is 2. The van der Waals surface area contributed by atoms with E-state index in [1.807, 2.05) is 31.2 Å². The first kappa shape index (κ1) is 22.8. The minimum atomic E-state index is -1.07. The third kappa shape index (κ3) is 4.87. The Balaban J connectivity index is 1.40. The molecule has 7 heteroatoms. The van der Waals surface area contributed by atoms with E-state index in [0.717, 1.165) is 35.1 Å². The summed E-state index contributed by atoms with van der Waals surface area (Å²) in [6.45, 7) is 3.73. The molecule has 1 unspecified atom stereocenters. The van der Waals surface area contributed by atoms with Crippen LogP contribution in [-0.4, -0.2) is 41.3 Å². The SMILES string of the molecule is CC[C@@H](NC(=O)CC(C)(NC(=O)OCC1c2ccccc2-c2ccccc21)C1CC1)C(=O)O. The molecule has 0 bridgehead atoms. The van der Waals surface area contributed by atoms with E-state index in [4.69, 9.17) is 4.74 Å². The Morgan fingerprint density at radius 3 is 2.15 bits per heavy atom. The average Bonchev–Trinajstić information content (AvgIpc) is 3.60. The largest absolute Gasteiger partial charge is 0.480 e. The number of hydrogen-bond donors (Lipinski definition) is 3. The Morgan fingerprint density at radius 1 is 1.06 bits per heavy atom. The highest BCUT2D eigenvalue weighted by atomic mass is 16.5. The normalized spacial score (nSPS) is 17.3. The van der Waals surface area contributed by atoms with Crippen molar-refractivity contribution in [2.75, 3.05) is 6.61 Å². The lowest BCUT2D eigenvalue weighted by molar-refractivity contribution is -0.142. The van der Waals surface area contributed by atoms with Gasteiger partial charge in [0, 0.05) is 12.3 Å². The summed E-state index contributed by atoms with van der Waals surface area (Å²) in [7, 11) is 0. The maximum Gasteiger partial charge on any atom is 0.407 e. The van der Waals surface area contributed by atoms with Gasteiger partial charge in [0.05, 0.1) is 5.54 Å². The van der Waals surface area contributed by atoms with E-state index in [9.17, 15) is 19.5 Å². The maximum atomic E-state index is 12.8. The Labute approximate surface area is 193 Å². The second kappa shape index (κ2) is 9.25. The first-order chi connectivity index (χ1) is 15.8. The summed E-state index contributed by atoms with van der Waals surface area (Å²) in [5.41, 5.74) is 3.80. The predicted molar refractivity (Wildman–Crippen MR) is 124 cm³/mol. The van der Waals surface area contributed by atoms with Gasteiger partial charge in [-0.05, 0) is 54.4 Å². The van der Waals surface area contributed by atoms with Gasteiger partial charge in [-0.25, -0.2) is 9.59 Å². The molecule has 7 nitrogen and oxygen atoms in total. The van der Waals surface area contributed by atoms with Crippen LogP contribution in [0.4, 0.5) is 4.79 Å². The van der Waals surface area contributed by atoms with Crippen molar-refractivity contribution in [2.24, 2.45) is 5.92 Å². The van der Waals surface area contributed by atoms with Gasteiger partial charge in [-0.2, -0.15) is 0 Å². The number of hydrogen-bond acceptors (Lipinski definition) is 4. The van der Waals surface area contributed by atoms with Crippen molar-refractivity contribution in [1.82, 2.24) is 10.6 Å². The number of amides is 2. The van der Waals surface area contributed by atoms with Crippen LogP contribution >= 0.6 is 0 Å². The molecule has 0 spiro atoms. The van der Waals surface area contributed by atoms with E-state index in [0.29, 0.717) is 6.42 Å². The van der Waals surface area contributed by atoms with Gasteiger partial charge in [-0.15, -0.1) is 0 Å². The molecule has 2 aliphatic rings. The zero-order valence-electron chi connectivity index (χ0n) is 19.0. The summed E-state index contributed by atoms with van der Waals surface area (Å²) in [4.78, 5) is 36.5. The molecule has 0 aromatic heterocycles. The smallest absolute Gasteiger partial charge is 0.407 e. The van der Waals surface area contributed by atoms with E-state index in [1.165, 1.54) is 0 Å². The fourth-order valence-corrected chi connectivity index (χ4v) is 4.80. The third-order valence-corrected chi connectivity index (χ3v) is 6.78. The summed E-state index contributed by atoms with van der Waals surface area (Å²) in [6.07, 6.45) is 1.55. The van der Waals surface area contributed by atoms with E-state index in [-0.39, 0.29) is 24.9 Å². The Kier molecular flexibility index (Phi) is 6.40. The van der Waals surface area contributed by atoms with Gasteiger partial charge in [-0.3, -0.25) is 4.79 Å². The van der Waals surface area contributed by atoms with Crippen LogP contribution in [0.3, 0.4) is 0 Å². The minimum Gasteiger partial charge on any atom is -0.480 e. The number of fused-ring (bicyclic) bond motifs is 3. The highest BCUT2D eigenvalue weighted by Crippen LogP contribution is 2.45. The number of carboxylic acid groups (broad SMARTS) is 1. The molecular formula is C26H30N2O5. The average molecular weight is 451 g/mol. The second-order valence-corrected chi connectivity index (χ2v) is 9.19. The van der Waals surface area contributed by atoms with Crippen LogP contribution < -0.4 is 10.6 Å². The van der Waals surface area contributed by atoms with Crippen molar-refractivity contribution in [2.45, 2.75) is 57.0 Å². The summed E-state index contributed by atoms with van der Waals surface area (Å²) in [6, 6.07) is 15.3. The highest BCUT2D eigenvalue weighted by molar-refractivity contribution is 5.84. The molecule has 2 amide bonds. The van der Waals surface area contributed by atoms with Crippen LogP contribution in [0.1, 0.15) is 56.6 Å². The lowest BCUT2D eigenvalue weighted by Crippen LogP contribution is -2.52. The zero-order valence-corrected chi connectivity index (χ0v) is 19.0. The number of carbonyl (C=O) groups excluding carboxylic acids is 2. The first-order valence-corrected chi connectivity index (χ1v) is 11.5. The zero-order chi connectivity index (χ0) is 23.6. The van der Waals surface area contributed by atoms with Crippen LogP contribution in [0.25, 0.3) is 11.1 Å². The topological polar surface area (TPSA) is 105 Å². The molecule has 2 atom stereocenters. The van der Waals surface area contributed by atoms with Crippen LogP contribution in [-0.2, 0) is 14.3 Å². The number of carbonyl (C=O) groups is 3. The molecule has 1 fully saturated rings. The van der Waals surface area contributed by atoms with Crippen LogP contribution in [0.5, 0.6) is 0 Å². The molecule has 2 aliphatic carbocycles. The van der Waals surface area contributed by atoms with Gasteiger partial charge in [0.15, 0.2) is 0 Å². The van der Waals surface area contributed by atoms with Gasteiger partial charge >= 0.3 is 12.1 Å². The summed E-state index contributed by atoms with van der Waals surface area (Å²) in [5, 5.41) is 14.7. The van der Waals surface area contributed by atoms with Crippen LogP contribution in [0, 0.1) is 5.92 Å². The molecule has 0 heterocycles. The van der Waals surface area contributed by atoms with E-state index >= 15 is 0 Å². The van der Waals surface area contributed by atoms with Gasteiger partial charge in [0.25, 0.3) is 0 Å².